The number of hydrogen-bond acceptors (Lipinski definition) is 3. The van der Waals surface area contributed by atoms with Gasteiger partial charge in [-0.2, -0.15) is 5.26 Å². The molecule has 0 radical (unpaired) electrons. The molecule has 1 N–H and O–H groups in total. The molecule has 0 amide bonds. The van der Waals surface area contributed by atoms with Crippen molar-refractivity contribution in [3.05, 3.63) is 20.8 Å². The average molecular weight is 301 g/mol. The minimum Gasteiger partial charge on any atom is -0.315 e. The van der Waals surface area contributed by atoms with Gasteiger partial charge in [0.2, 0.25) is 0 Å². The van der Waals surface area contributed by atoms with Crippen LogP contribution in [0.5, 0.6) is 0 Å². The van der Waals surface area contributed by atoms with Gasteiger partial charge in [0, 0.05) is 27.8 Å². The van der Waals surface area contributed by atoms with Crippen LogP contribution in [0.25, 0.3) is 0 Å². The van der Waals surface area contributed by atoms with Crippen molar-refractivity contribution < 1.29 is 0 Å². The summed E-state index contributed by atoms with van der Waals surface area (Å²) in [5.41, 5.74) is 0. The fourth-order valence-corrected chi connectivity index (χ4v) is 2.84. The van der Waals surface area contributed by atoms with Crippen LogP contribution in [0, 0.1) is 23.2 Å². The molecule has 1 atom stereocenters. The highest BCUT2D eigenvalue weighted by molar-refractivity contribution is 9.10. The Morgan fingerprint density at radius 3 is 2.81 bits per heavy atom. The van der Waals surface area contributed by atoms with E-state index in [9.17, 15) is 0 Å². The minimum atomic E-state index is 0.120. The Bertz CT molecular complexity index is 354. The molecule has 0 saturated heterocycles. The maximum absolute atomic E-state index is 8.92. The van der Waals surface area contributed by atoms with E-state index in [0.717, 1.165) is 24.0 Å². The molecule has 16 heavy (non-hydrogen) atoms. The third-order valence-corrected chi connectivity index (χ3v) is 4.26. The van der Waals surface area contributed by atoms with Gasteiger partial charge in [0.15, 0.2) is 0 Å². The molecule has 0 aliphatic carbocycles. The quantitative estimate of drug-likeness (QED) is 0.817. The number of nitrogens with one attached hydrogen (secondary N) is 1. The van der Waals surface area contributed by atoms with Crippen molar-refractivity contribution in [3.63, 3.8) is 0 Å². The van der Waals surface area contributed by atoms with E-state index in [4.69, 9.17) is 5.26 Å². The number of nitriles is 1. The zero-order valence-electron chi connectivity index (χ0n) is 9.66. The Kier molecular flexibility index (Phi) is 6.04. The molecule has 1 unspecified atom stereocenters. The summed E-state index contributed by atoms with van der Waals surface area (Å²) in [6, 6.07) is 4.49. The molecule has 0 bridgehead atoms. The van der Waals surface area contributed by atoms with Crippen LogP contribution in [-0.2, 0) is 6.42 Å². The zero-order chi connectivity index (χ0) is 12.0. The van der Waals surface area contributed by atoms with Gasteiger partial charge in [-0.1, -0.05) is 13.8 Å². The molecular formula is C12H17BrN2S. The minimum absolute atomic E-state index is 0.120. The van der Waals surface area contributed by atoms with Crippen molar-refractivity contribution in [1.82, 2.24) is 5.32 Å². The Hall–Kier alpha value is -0.370. The van der Waals surface area contributed by atoms with E-state index < -0.39 is 0 Å². The van der Waals surface area contributed by atoms with Crippen LogP contribution in [0.1, 0.15) is 18.7 Å². The molecule has 0 aliphatic rings. The second-order valence-corrected chi connectivity index (χ2v) is 6.08. The Labute approximate surface area is 110 Å². The second kappa shape index (κ2) is 7.05. The molecule has 1 rings (SSSR count). The molecule has 0 saturated carbocycles. The zero-order valence-corrected chi connectivity index (χ0v) is 12.1. The summed E-state index contributed by atoms with van der Waals surface area (Å²) >= 11 is 5.21. The predicted octanol–water partition coefficient (Wildman–Crippen LogP) is 3.44. The van der Waals surface area contributed by atoms with Gasteiger partial charge in [-0.25, -0.2) is 0 Å². The molecule has 0 aromatic carbocycles. The first-order valence-corrected chi connectivity index (χ1v) is 7.14. The Morgan fingerprint density at radius 1 is 1.56 bits per heavy atom. The molecule has 88 valence electrons. The summed E-state index contributed by atoms with van der Waals surface area (Å²) in [6.45, 7) is 5.91. The van der Waals surface area contributed by atoms with Crippen LogP contribution >= 0.6 is 27.3 Å². The Balaban J connectivity index is 2.19. The van der Waals surface area contributed by atoms with Gasteiger partial charge in [-0.15, -0.1) is 11.3 Å². The van der Waals surface area contributed by atoms with Gasteiger partial charge in [0.05, 0.1) is 12.0 Å². The molecule has 0 fully saturated rings. The van der Waals surface area contributed by atoms with Crippen LogP contribution in [0.4, 0.5) is 0 Å². The maximum atomic E-state index is 8.92. The molecular weight excluding hydrogens is 284 g/mol. The summed E-state index contributed by atoms with van der Waals surface area (Å²) in [7, 11) is 0. The third kappa shape index (κ3) is 4.65. The fourth-order valence-electron chi connectivity index (χ4n) is 1.38. The number of thiophene rings is 1. The van der Waals surface area contributed by atoms with Gasteiger partial charge in [-0.05, 0) is 34.3 Å². The summed E-state index contributed by atoms with van der Waals surface area (Å²) < 4.78 is 1.16. The van der Waals surface area contributed by atoms with Crippen LogP contribution < -0.4 is 5.32 Å². The largest absolute Gasteiger partial charge is 0.315 e. The first kappa shape index (κ1) is 13.7. The van der Waals surface area contributed by atoms with Gasteiger partial charge in [0.1, 0.15) is 0 Å². The van der Waals surface area contributed by atoms with Gasteiger partial charge >= 0.3 is 0 Å². The lowest BCUT2D eigenvalue weighted by Crippen LogP contribution is -2.26. The highest BCUT2D eigenvalue weighted by atomic mass is 79.9. The lowest BCUT2D eigenvalue weighted by Gasteiger charge is -2.13. The number of hydrogen-bond donors (Lipinski definition) is 1. The van der Waals surface area contributed by atoms with E-state index in [-0.39, 0.29) is 5.92 Å². The number of halogens is 1. The lowest BCUT2D eigenvalue weighted by atomic mass is 9.98. The van der Waals surface area contributed by atoms with Crippen molar-refractivity contribution in [2.24, 2.45) is 11.8 Å². The maximum Gasteiger partial charge on any atom is 0.0671 e. The van der Waals surface area contributed by atoms with E-state index in [1.165, 1.54) is 4.88 Å². The summed E-state index contributed by atoms with van der Waals surface area (Å²) in [5.74, 6) is 0.545. The highest BCUT2D eigenvalue weighted by Crippen LogP contribution is 2.19. The first-order chi connectivity index (χ1) is 7.63. The molecule has 0 spiro atoms. The normalized spacial score (nSPS) is 12.7. The topological polar surface area (TPSA) is 35.8 Å². The predicted molar refractivity (Wildman–Crippen MR) is 72.5 cm³/mol. The molecule has 1 aromatic rings. The van der Waals surface area contributed by atoms with E-state index >= 15 is 0 Å². The monoisotopic (exact) mass is 300 g/mol. The molecule has 1 aromatic heterocycles. The van der Waals surface area contributed by atoms with Crippen molar-refractivity contribution in [2.45, 2.75) is 20.3 Å². The summed E-state index contributed by atoms with van der Waals surface area (Å²) in [4.78, 5) is 1.37. The van der Waals surface area contributed by atoms with E-state index in [1.54, 1.807) is 11.3 Å². The van der Waals surface area contributed by atoms with Gasteiger partial charge in [0.25, 0.3) is 0 Å². The van der Waals surface area contributed by atoms with E-state index in [1.807, 2.05) is 0 Å². The standard InChI is InChI=1S/C12H17BrN2S/c1-9(2)10(6-14)7-15-4-3-12-5-11(13)8-16-12/h5,8-10,15H,3-4,7H2,1-2H3. The second-order valence-electron chi connectivity index (χ2n) is 4.16. The smallest absolute Gasteiger partial charge is 0.0671 e. The summed E-state index contributed by atoms with van der Waals surface area (Å²) in [6.07, 6.45) is 1.03. The fraction of sp³-hybridized carbons (Fsp3) is 0.583. The lowest BCUT2D eigenvalue weighted by molar-refractivity contribution is 0.444. The highest BCUT2D eigenvalue weighted by Gasteiger charge is 2.10. The third-order valence-electron chi connectivity index (χ3n) is 2.50. The van der Waals surface area contributed by atoms with Crippen molar-refractivity contribution in [3.8, 4) is 6.07 Å². The van der Waals surface area contributed by atoms with E-state index in [0.29, 0.717) is 5.92 Å². The molecule has 1 heterocycles. The summed E-state index contributed by atoms with van der Waals surface area (Å²) in [5, 5.41) is 14.4. The van der Waals surface area contributed by atoms with Crippen LogP contribution in [0.2, 0.25) is 0 Å². The molecule has 0 aliphatic heterocycles. The Morgan fingerprint density at radius 2 is 2.31 bits per heavy atom. The van der Waals surface area contributed by atoms with Crippen molar-refractivity contribution in [2.75, 3.05) is 13.1 Å². The molecule has 4 heteroatoms. The van der Waals surface area contributed by atoms with Crippen LogP contribution in [0.3, 0.4) is 0 Å². The van der Waals surface area contributed by atoms with Crippen molar-refractivity contribution in [1.29, 1.82) is 5.26 Å². The first-order valence-electron chi connectivity index (χ1n) is 5.46. The molecule has 2 nitrogen and oxygen atoms in total. The van der Waals surface area contributed by atoms with E-state index in [2.05, 4.69) is 52.6 Å². The number of rotatable bonds is 6. The van der Waals surface area contributed by atoms with Crippen LogP contribution in [-0.4, -0.2) is 13.1 Å². The SMILES string of the molecule is CC(C)C(C#N)CNCCc1cc(Br)cs1. The average Bonchev–Trinajstić information content (AvgIpc) is 2.64. The number of nitrogens with zero attached hydrogens (tertiary/aromatic N) is 1. The van der Waals surface area contributed by atoms with Crippen molar-refractivity contribution >= 4 is 27.3 Å². The van der Waals surface area contributed by atoms with Crippen LogP contribution in [0.15, 0.2) is 15.9 Å². The van der Waals surface area contributed by atoms with Gasteiger partial charge in [-0.3, -0.25) is 0 Å². The van der Waals surface area contributed by atoms with Gasteiger partial charge < -0.3 is 5.32 Å².